The van der Waals surface area contributed by atoms with Gasteiger partial charge in [0.1, 0.15) is 0 Å². The van der Waals surface area contributed by atoms with E-state index >= 15 is 0 Å². The number of hydrogen-bond acceptors (Lipinski definition) is 4. The quantitative estimate of drug-likeness (QED) is 0.804. The van der Waals surface area contributed by atoms with Crippen LogP contribution >= 0.6 is 24.8 Å². The molecule has 2 N–H and O–H groups in total. The number of rotatable bonds is 5. The Morgan fingerprint density at radius 3 is 2.22 bits per heavy atom. The molecule has 1 heterocycles. The van der Waals surface area contributed by atoms with Gasteiger partial charge in [0.2, 0.25) is 0 Å². The second-order valence-corrected chi connectivity index (χ2v) is 4.84. The van der Waals surface area contributed by atoms with Crippen molar-refractivity contribution in [2.45, 2.75) is 38.8 Å². The second kappa shape index (κ2) is 12.5. The van der Waals surface area contributed by atoms with Crippen LogP contribution < -0.4 is 5.32 Å². The summed E-state index contributed by atoms with van der Waals surface area (Å²) >= 11 is 0. The fraction of sp³-hybridized carbons (Fsp3) is 1.00. The first kappa shape index (κ1) is 20.7. The zero-order chi connectivity index (χ0) is 11.8. The summed E-state index contributed by atoms with van der Waals surface area (Å²) in [5.41, 5.74) is 0. The minimum absolute atomic E-state index is 0. The normalized spacial score (nSPS) is 19.3. The van der Waals surface area contributed by atoms with Crippen LogP contribution in [0, 0.1) is 0 Å². The van der Waals surface area contributed by atoms with Crippen molar-refractivity contribution in [1.29, 1.82) is 0 Å². The van der Waals surface area contributed by atoms with E-state index < -0.39 is 0 Å². The minimum Gasteiger partial charge on any atom is -0.390 e. The molecule has 0 radical (unpaired) electrons. The molecule has 0 aromatic rings. The third-order valence-electron chi connectivity index (χ3n) is 2.76. The van der Waals surface area contributed by atoms with Crippen molar-refractivity contribution in [1.82, 2.24) is 10.2 Å². The van der Waals surface area contributed by atoms with E-state index in [0.29, 0.717) is 12.6 Å². The Kier molecular flexibility index (Phi) is 14.3. The van der Waals surface area contributed by atoms with Crippen LogP contribution in [-0.4, -0.2) is 61.5 Å². The number of β-amino-alcohol motifs (C(OH)–C–C–N with tert-alkyl or cyclic N) is 1. The molecule has 0 spiro atoms. The van der Waals surface area contributed by atoms with Crippen molar-refractivity contribution >= 4 is 24.8 Å². The number of aliphatic hydroxyl groups is 1. The molecule has 1 unspecified atom stereocenters. The molecule has 0 aromatic carbocycles. The molecule has 112 valence electrons. The van der Waals surface area contributed by atoms with Crippen molar-refractivity contribution in [3.63, 3.8) is 0 Å². The van der Waals surface area contributed by atoms with Crippen molar-refractivity contribution in [3.05, 3.63) is 0 Å². The molecule has 1 atom stereocenters. The Bertz CT molecular complexity index is 177. The third kappa shape index (κ3) is 10.4. The number of aliphatic hydroxyl groups excluding tert-OH is 1. The lowest BCUT2D eigenvalue weighted by Crippen LogP contribution is -2.41. The number of ether oxygens (including phenoxy) is 1. The SMILES string of the molecule is CC(C)NCC(O)CN1CCCOCCC1.Cl.Cl. The van der Waals surface area contributed by atoms with Gasteiger partial charge in [-0.05, 0) is 12.8 Å². The molecule has 4 nitrogen and oxygen atoms in total. The van der Waals surface area contributed by atoms with Crippen LogP contribution in [0.25, 0.3) is 0 Å². The summed E-state index contributed by atoms with van der Waals surface area (Å²) in [7, 11) is 0. The summed E-state index contributed by atoms with van der Waals surface area (Å²) in [6, 6.07) is 0.440. The Balaban J connectivity index is 0. The fourth-order valence-corrected chi connectivity index (χ4v) is 1.91. The van der Waals surface area contributed by atoms with Crippen molar-refractivity contribution in [2.75, 3.05) is 39.4 Å². The molecule has 0 saturated carbocycles. The summed E-state index contributed by atoms with van der Waals surface area (Å²) < 4.78 is 5.41. The van der Waals surface area contributed by atoms with Gasteiger partial charge in [-0.2, -0.15) is 0 Å². The maximum absolute atomic E-state index is 9.88. The summed E-state index contributed by atoms with van der Waals surface area (Å²) in [6.07, 6.45) is 1.89. The number of halogens is 2. The molecule has 1 aliphatic rings. The lowest BCUT2D eigenvalue weighted by molar-refractivity contribution is 0.0623. The summed E-state index contributed by atoms with van der Waals surface area (Å²) in [5.74, 6) is 0. The molecule has 0 aliphatic carbocycles. The molecular formula is C12H28Cl2N2O2. The van der Waals surface area contributed by atoms with Crippen molar-refractivity contribution in [2.24, 2.45) is 0 Å². The molecule has 1 fully saturated rings. The number of nitrogens with one attached hydrogen (secondary N) is 1. The van der Waals surface area contributed by atoms with Gasteiger partial charge in [0.25, 0.3) is 0 Å². The van der Waals surface area contributed by atoms with E-state index in [1.807, 2.05) is 0 Å². The standard InChI is InChI=1S/C12H26N2O2.2ClH/c1-11(2)13-9-12(15)10-14-5-3-7-16-8-4-6-14;;/h11-13,15H,3-10H2,1-2H3;2*1H. The lowest BCUT2D eigenvalue weighted by atomic mass is 10.2. The summed E-state index contributed by atoms with van der Waals surface area (Å²) in [4.78, 5) is 2.34. The minimum atomic E-state index is -0.261. The van der Waals surface area contributed by atoms with E-state index in [4.69, 9.17) is 4.74 Å². The predicted octanol–water partition coefficient (Wildman–Crippen LogP) is 1.30. The van der Waals surface area contributed by atoms with Crippen LogP contribution in [0.3, 0.4) is 0 Å². The molecule has 1 aliphatic heterocycles. The Morgan fingerprint density at radius 1 is 1.17 bits per heavy atom. The van der Waals surface area contributed by atoms with Gasteiger partial charge >= 0.3 is 0 Å². The highest BCUT2D eigenvalue weighted by Crippen LogP contribution is 2.01. The smallest absolute Gasteiger partial charge is 0.0791 e. The van der Waals surface area contributed by atoms with Crippen LogP contribution in [-0.2, 0) is 4.74 Å². The molecular weight excluding hydrogens is 275 g/mol. The van der Waals surface area contributed by atoms with Gasteiger partial charge in [-0.1, -0.05) is 13.8 Å². The number of hydrogen-bond donors (Lipinski definition) is 2. The topological polar surface area (TPSA) is 44.7 Å². The first-order valence-electron chi connectivity index (χ1n) is 6.40. The van der Waals surface area contributed by atoms with Gasteiger partial charge in [0.15, 0.2) is 0 Å². The molecule has 6 heteroatoms. The summed E-state index contributed by atoms with van der Waals surface area (Å²) in [6.45, 7) is 9.45. The predicted molar refractivity (Wildman–Crippen MR) is 80.1 cm³/mol. The molecule has 0 amide bonds. The van der Waals surface area contributed by atoms with E-state index in [9.17, 15) is 5.11 Å². The van der Waals surface area contributed by atoms with Gasteiger partial charge in [0.05, 0.1) is 6.10 Å². The van der Waals surface area contributed by atoms with Crippen molar-refractivity contribution in [3.8, 4) is 0 Å². The van der Waals surface area contributed by atoms with Crippen LogP contribution in [0.4, 0.5) is 0 Å². The fourth-order valence-electron chi connectivity index (χ4n) is 1.91. The first-order valence-corrected chi connectivity index (χ1v) is 6.40. The van der Waals surface area contributed by atoms with E-state index in [1.54, 1.807) is 0 Å². The molecule has 1 rings (SSSR count). The van der Waals surface area contributed by atoms with Crippen LogP contribution in [0.2, 0.25) is 0 Å². The van der Waals surface area contributed by atoms with E-state index in [-0.39, 0.29) is 30.9 Å². The molecule has 18 heavy (non-hydrogen) atoms. The maximum atomic E-state index is 9.88. The Hall–Kier alpha value is 0.420. The molecule has 0 aromatic heterocycles. The zero-order valence-electron chi connectivity index (χ0n) is 11.4. The number of nitrogens with zero attached hydrogens (tertiary/aromatic N) is 1. The first-order chi connectivity index (χ1) is 7.68. The highest BCUT2D eigenvalue weighted by molar-refractivity contribution is 5.85. The van der Waals surface area contributed by atoms with Crippen LogP contribution in [0.5, 0.6) is 0 Å². The van der Waals surface area contributed by atoms with Gasteiger partial charge in [-0.25, -0.2) is 0 Å². The highest BCUT2D eigenvalue weighted by atomic mass is 35.5. The van der Waals surface area contributed by atoms with Crippen molar-refractivity contribution < 1.29 is 9.84 Å². The third-order valence-corrected chi connectivity index (χ3v) is 2.76. The van der Waals surface area contributed by atoms with Gasteiger partial charge in [-0.15, -0.1) is 24.8 Å². The summed E-state index contributed by atoms with van der Waals surface area (Å²) in [5, 5.41) is 13.1. The highest BCUT2D eigenvalue weighted by Gasteiger charge is 2.13. The monoisotopic (exact) mass is 302 g/mol. The van der Waals surface area contributed by atoms with Gasteiger partial charge < -0.3 is 20.1 Å². The van der Waals surface area contributed by atoms with Gasteiger partial charge in [-0.3, -0.25) is 0 Å². The lowest BCUT2D eigenvalue weighted by Gasteiger charge is -2.27. The Labute approximate surface area is 123 Å². The van der Waals surface area contributed by atoms with E-state index in [0.717, 1.165) is 45.7 Å². The van der Waals surface area contributed by atoms with E-state index in [1.165, 1.54) is 0 Å². The van der Waals surface area contributed by atoms with Gasteiger partial charge in [0, 0.05) is 45.4 Å². The average Bonchev–Trinajstić information content (AvgIpc) is 2.19. The zero-order valence-corrected chi connectivity index (χ0v) is 13.1. The average molecular weight is 303 g/mol. The van der Waals surface area contributed by atoms with E-state index in [2.05, 4.69) is 24.1 Å². The maximum Gasteiger partial charge on any atom is 0.0791 e. The Morgan fingerprint density at radius 2 is 1.72 bits per heavy atom. The largest absolute Gasteiger partial charge is 0.390 e. The van der Waals surface area contributed by atoms with Crippen LogP contribution in [0.1, 0.15) is 26.7 Å². The second-order valence-electron chi connectivity index (χ2n) is 4.84. The molecule has 1 saturated heterocycles. The molecule has 0 bridgehead atoms. The van der Waals surface area contributed by atoms with Crippen LogP contribution in [0.15, 0.2) is 0 Å².